The number of pyridine rings is 1. The van der Waals surface area contributed by atoms with E-state index in [1.54, 1.807) is 12.1 Å². The Morgan fingerprint density at radius 3 is 2.00 bits per heavy atom. The third-order valence-electron chi connectivity index (χ3n) is 4.16. The zero-order valence-electron chi connectivity index (χ0n) is 18.5. The molecule has 0 radical (unpaired) electrons. The van der Waals surface area contributed by atoms with E-state index in [1.165, 1.54) is 5.56 Å². The number of aromatic hydroxyl groups is 1. The summed E-state index contributed by atoms with van der Waals surface area (Å²) >= 11 is 0. The standard InChI is InChI=1S/C13H15NO.C12H10O.C2H6/c1-9(2)15-12-6-4-5-11-8-7-10(3)14-13(11)12;13-12-8-6-11(7-9-12)10-4-2-1-3-5-10;1-2/h4-9H,1-3H3;1-9,13H;1-2H3. The highest BCUT2D eigenvalue weighted by Crippen LogP contribution is 2.24. The van der Waals surface area contributed by atoms with Crippen molar-refractivity contribution < 1.29 is 9.84 Å². The molecule has 30 heavy (non-hydrogen) atoms. The van der Waals surface area contributed by atoms with Crippen LogP contribution in [0.1, 0.15) is 33.4 Å². The molecule has 0 amide bonds. The Balaban J connectivity index is 0.000000199. The molecule has 4 rings (SSSR count). The zero-order valence-corrected chi connectivity index (χ0v) is 18.5. The Labute approximate surface area is 180 Å². The fraction of sp³-hybridized carbons (Fsp3) is 0.222. The van der Waals surface area contributed by atoms with E-state index in [0.717, 1.165) is 27.9 Å². The van der Waals surface area contributed by atoms with Crippen molar-refractivity contribution in [3.63, 3.8) is 0 Å². The highest BCUT2D eigenvalue weighted by molar-refractivity contribution is 5.84. The first-order valence-electron chi connectivity index (χ1n) is 10.4. The molecule has 0 bridgehead atoms. The maximum atomic E-state index is 9.10. The van der Waals surface area contributed by atoms with Gasteiger partial charge < -0.3 is 9.84 Å². The second-order valence-corrected chi connectivity index (χ2v) is 6.86. The van der Waals surface area contributed by atoms with Crippen LogP contribution < -0.4 is 4.74 Å². The summed E-state index contributed by atoms with van der Waals surface area (Å²) in [7, 11) is 0. The number of fused-ring (bicyclic) bond motifs is 1. The van der Waals surface area contributed by atoms with E-state index >= 15 is 0 Å². The Hall–Kier alpha value is -3.33. The van der Waals surface area contributed by atoms with Crippen LogP contribution in [0.2, 0.25) is 0 Å². The summed E-state index contributed by atoms with van der Waals surface area (Å²) in [6.07, 6.45) is 0.179. The summed E-state index contributed by atoms with van der Waals surface area (Å²) < 4.78 is 5.72. The van der Waals surface area contributed by atoms with Crippen LogP contribution in [0.4, 0.5) is 0 Å². The van der Waals surface area contributed by atoms with Crippen LogP contribution in [0.5, 0.6) is 11.5 Å². The van der Waals surface area contributed by atoms with Crippen LogP contribution >= 0.6 is 0 Å². The topological polar surface area (TPSA) is 42.4 Å². The number of hydrogen-bond donors (Lipinski definition) is 1. The van der Waals surface area contributed by atoms with Crippen molar-refractivity contribution in [1.82, 2.24) is 4.98 Å². The van der Waals surface area contributed by atoms with Gasteiger partial charge in [0.2, 0.25) is 0 Å². The molecule has 3 nitrogen and oxygen atoms in total. The molecular weight excluding hydrogens is 370 g/mol. The van der Waals surface area contributed by atoms with E-state index in [9.17, 15) is 0 Å². The lowest BCUT2D eigenvalue weighted by Gasteiger charge is -2.11. The molecule has 0 aliphatic heterocycles. The van der Waals surface area contributed by atoms with Crippen molar-refractivity contribution in [2.75, 3.05) is 0 Å². The largest absolute Gasteiger partial charge is 0.508 e. The molecule has 0 atom stereocenters. The van der Waals surface area contributed by atoms with E-state index in [-0.39, 0.29) is 6.10 Å². The Bertz CT molecular complexity index is 1030. The monoisotopic (exact) mass is 401 g/mol. The summed E-state index contributed by atoms with van der Waals surface area (Å²) in [5.74, 6) is 1.17. The molecule has 1 N–H and O–H groups in total. The van der Waals surface area contributed by atoms with Gasteiger partial charge in [-0.25, -0.2) is 4.98 Å². The normalized spacial score (nSPS) is 9.93. The predicted molar refractivity (Wildman–Crippen MR) is 127 cm³/mol. The fourth-order valence-corrected chi connectivity index (χ4v) is 2.85. The van der Waals surface area contributed by atoms with Crippen LogP contribution in [0, 0.1) is 6.92 Å². The fourth-order valence-electron chi connectivity index (χ4n) is 2.85. The molecule has 3 aromatic carbocycles. The van der Waals surface area contributed by atoms with Gasteiger partial charge in [0.05, 0.1) is 6.10 Å². The Morgan fingerprint density at radius 1 is 0.733 bits per heavy atom. The minimum Gasteiger partial charge on any atom is -0.508 e. The number of rotatable bonds is 3. The van der Waals surface area contributed by atoms with E-state index in [2.05, 4.69) is 17.1 Å². The first-order chi connectivity index (χ1) is 14.5. The quantitative estimate of drug-likeness (QED) is 0.388. The van der Waals surface area contributed by atoms with Crippen molar-refractivity contribution in [1.29, 1.82) is 0 Å². The summed E-state index contributed by atoms with van der Waals surface area (Å²) in [5.41, 5.74) is 4.26. The molecule has 0 saturated carbocycles. The molecule has 0 saturated heterocycles. The van der Waals surface area contributed by atoms with Crippen molar-refractivity contribution in [2.24, 2.45) is 0 Å². The van der Waals surface area contributed by atoms with E-state index in [0.29, 0.717) is 5.75 Å². The summed E-state index contributed by atoms with van der Waals surface area (Å²) in [5, 5.41) is 10.2. The zero-order chi connectivity index (χ0) is 21.9. The number of benzene rings is 3. The van der Waals surface area contributed by atoms with Gasteiger partial charge in [-0.2, -0.15) is 0 Å². The van der Waals surface area contributed by atoms with Crippen LogP contribution in [0.15, 0.2) is 84.9 Å². The third kappa shape index (κ3) is 6.63. The highest BCUT2D eigenvalue weighted by Gasteiger charge is 2.05. The summed E-state index contributed by atoms with van der Waals surface area (Å²) in [6, 6.07) is 27.4. The van der Waals surface area contributed by atoms with Crippen LogP contribution in [-0.2, 0) is 0 Å². The number of aromatic nitrogens is 1. The molecule has 0 unspecified atom stereocenters. The number of para-hydroxylation sites is 1. The van der Waals surface area contributed by atoms with Crippen molar-refractivity contribution in [3.8, 4) is 22.6 Å². The number of hydrogen-bond acceptors (Lipinski definition) is 3. The smallest absolute Gasteiger partial charge is 0.145 e. The lowest BCUT2D eigenvalue weighted by molar-refractivity contribution is 0.245. The number of phenols is 1. The van der Waals surface area contributed by atoms with Gasteiger partial charge in [-0.15, -0.1) is 0 Å². The number of nitrogens with zero attached hydrogens (tertiary/aromatic N) is 1. The van der Waals surface area contributed by atoms with Crippen molar-refractivity contribution in [3.05, 3.63) is 90.6 Å². The summed E-state index contributed by atoms with van der Waals surface area (Å²) in [4.78, 5) is 4.50. The average Bonchev–Trinajstić information content (AvgIpc) is 2.77. The average molecular weight is 402 g/mol. The SMILES string of the molecule is CC.Cc1ccc2cccc(OC(C)C)c2n1.Oc1ccc(-c2ccccc2)cc1. The molecule has 1 aromatic heterocycles. The number of ether oxygens (including phenoxy) is 1. The minimum absolute atomic E-state index is 0.179. The van der Waals surface area contributed by atoms with E-state index < -0.39 is 0 Å². The van der Waals surface area contributed by atoms with Crippen molar-refractivity contribution >= 4 is 10.9 Å². The molecule has 1 heterocycles. The second kappa shape index (κ2) is 11.6. The van der Waals surface area contributed by atoms with Gasteiger partial charge in [-0.1, -0.05) is 74.5 Å². The second-order valence-electron chi connectivity index (χ2n) is 6.86. The summed E-state index contributed by atoms with van der Waals surface area (Å²) in [6.45, 7) is 10.0. The van der Waals surface area contributed by atoms with Crippen LogP contribution in [-0.4, -0.2) is 16.2 Å². The molecule has 0 aliphatic rings. The molecule has 0 fully saturated rings. The Kier molecular flexibility index (Phi) is 8.89. The number of aryl methyl sites for hydroxylation is 1. The minimum atomic E-state index is 0.179. The molecule has 3 heteroatoms. The van der Waals surface area contributed by atoms with E-state index in [4.69, 9.17) is 9.84 Å². The molecule has 0 aliphatic carbocycles. The highest BCUT2D eigenvalue weighted by atomic mass is 16.5. The first kappa shape index (κ1) is 23.0. The lowest BCUT2D eigenvalue weighted by atomic mass is 10.1. The van der Waals surface area contributed by atoms with Crippen LogP contribution in [0.25, 0.3) is 22.0 Å². The maximum absolute atomic E-state index is 9.10. The van der Waals surface area contributed by atoms with Crippen LogP contribution in [0.3, 0.4) is 0 Å². The van der Waals surface area contributed by atoms with Gasteiger partial charge in [-0.05, 0) is 56.2 Å². The van der Waals surface area contributed by atoms with Gasteiger partial charge >= 0.3 is 0 Å². The van der Waals surface area contributed by atoms with Gasteiger partial charge in [-0.3, -0.25) is 0 Å². The van der Waals surface area contributed by atoms with E-state index in [1.807, 2.05) is 95.3 Å². The van der Waals surface area contributed by atoms with Crippen molar-refractivity contribution in [2.45, 2.75) is 40.7 Å². The molecule has 156 valence electrons. The Morgan fingerprint density at radius 2 is 1.37 bits per heavy atom. The molecule has 0 spiro atoms. The predicted octanol–water partition coefficient (Wildman–Crippen LogP) is 7.42. The van der Waals surface area contributed by atoms with Gasteiger partial charge in [0.15, 0.2) is 0 Å². The van der Waals surface area contributed by atoms with Gasteiger partial charge in [0.25, 0.3) is 0 Å². The molecule has 4 aromatic rings. The number of phenolic OH excluding ortho intramolecular Hbond substituents is 1. The first-order valence-corrected chi connectivity index (χ1v) is 10.4. The lowest BCUT2D eigenvalue weighted by Crippen LogP contribution is -2.06. The van der Waals surface area contributed by atoms with Gasteiger partial charge in [0, 0.05) is 11.1 Å². The third-order valence-corrected chi connectivity index (χ3v) is 4.16. The maximum Gasteiger partial charge on any atom is 0.145 e. The van der Waals surface area contributed by atoms with Gasteiger partial charge in [0.1, 0.15) is 17.0 Å². The molecular formula is C27H31NO2.